The molecule has 0 unspecified atom stereocenters. The summed E-state index contributed by atoms with van der Waals surface area (Å²) in [4.78, 5) is 8.24. The number of nitrogens with two attached hydrogens (primary N) is 1. The third-order valence-corrected chi connectivity index (χ3v) is 2.62. The number of aromatic nitrogens is 3. The Morgan fingerprint density at radius 3 is 2.93 bits per heavy atom. The highest BCUT2D eigenvalue weighted by molar-refractivity contribution is 7.98. The fourth-order valence-electron chi connectivity index (χ4n) is 1.02. The lowest BCUT2D eigenvalue weighted by Crippen LogP contribution is -1.88. The van der Waals surface area contributed by atoms with Crippen LogP contribution in [0.1, 0.15) is 11.7 Å². The third kappa shape index (κ3) is 2.69. The van der Waals surface area contributed by atoms with Crippen LogP contribution >= 0.6 is 11.8 Å². The first-order valence-corrected chi connectivity index (χ1v) is 5.36. The van der Waals surface area contributed by atoms with Crippen LogP contribution < -0.4 is 5.73 Å². The van der Waals surface area contributed by atoms with Crippen LogP contribution in [0.25, 0.3) is 0 Å². The van der Waals surface area contributed by atoms with E-state index in [-0.39, 0.29) is 0 Å². The van der Waals surface area contributed by atoms with E-state index in [1.807, 2.05) is 12.1 Å². The average molecular weight is 222 g/mol. The lowest BCUT2D eigenvalue weighted by molar-refractivity contribution is 0.389. The van der Waals surface area contributed by atoms with Crippen LogP contribution in [0.5, 0.6) is 0 Å². The normalized spacial score (nSPS) is 10.5. The summed E-state index contributed by atoms with van der Waals surface area (Å²) in [5.74, 6) is 1.90. The minimum Gasteiger partial charge on any atom is -0.397 e. The fraction of sp³-hybridized carbons (Fsp3) is 0.222. The van der Waals surface area contributed by atoms with Gasteiger partial charge in [-0.1, -0.05) is 16.9 Å². The second kappa shape index (κ2) is 4.31. The van der Waals surface area contributed by atoms with Gasteiger partial charge in [0.2, 0.25) is 5.89 Å². The Morgan fingerprint density at radius 2 is 2.33 bits per heavy atom. The van der Waals surface area contributed by atoms with Gasteiger partial charge in [0, 0.05) is 6.92 Å². The monoisotopic (exact) mass is 222 g/mol. The van der Waals surface area contributed by atoms with E-state index in [9.17, 15) is 0 Å². The average Bonchev–Trinajstić information content (AvgIpc) is 2.64. The lowest BCUT2D eigenvalue weighted by atomic mass is 10.4. The van der Waals surface area contributed by atoms with E-state index in [4.69, 9.17) is 10.3 Å². The van der Waals surface area contributed by atoms with E-state index in [0.717, 1.165) is 5.03 Å². The van der Waals surface area contributed by atoms with E-state index in [2.05, 4.69) is 15.1 Å². The number of thioether (sulfide) groups is 1. The van der Waals surface area contributed by atoms with Gasteiger partial charge in [0.1, 0.15) is 0 Å². The molecule has 0 saturated heterocycles. The van der Waals surface area contributed by atoms with Crippen molar-refractivity contribution >= 4 is 17.4 Å². The summed E-state index contributed by atoms with van der Waals surface area (Å²) < 4.78 is 4.86. The molecule has 0 amide bonds. The fourth-order valence-corrected chi connectivity index (χ4v) is 1.70. The summed E-state index contributed by atoms with van der Waals surface area (Å²) in [6.07, 6.45) is 1.63. The summed E-state index contributed by atoms with van der Waals surface area (Å²) in [5.41, 5.74) is 6.19. The van der Waals surface area contributed by atoms with Gasteiger partial charge >= 0.3 is 0 Å². The molecule has 5 nitrogen and oxygen atoms in total. The first-order chi connectivity index (χ1) is 7.24. The number of hydrogen-bond donors (Lipinski definition) is 1. The van der Waals surface area contributed by atoms with Gasteiger partial charge in [0.25, 0.3) is 0 Å². The van der Waals surface area contributed by atoms with Crippen molar-refractivity contribution in [2.24, 2.45) is 0 Å². The van der Waals surface area contributed by atoms with Crippen molar-refractivity contribution in [1.82, 2.24) is 15.1 Å². The molecule has 0 radical (unpaired) electrons. The van der Waals surface area contributed by atoms with E-state index in [0.29, 0.717) is 23.2 Å². The molecule has 0 bridgehead atoms. The van der Waals surface area contributed by atoms with Crippen LogP contribution in [0.4, 0.5) is 5.69 Å². The van der Waals surface area contributed by atoms with Gasteiger partial charge in [-0.05, 0) is 12.1 Å². The van der Waals surface area contributed by atoms with E-state index >= 15 is 0 Å². The first-order valence-electron chi connectivity index (χ1n) is 4.37. The molecule has 2 heterocycles. The molecule has 78 valence electrons. The van der Waals surface area contributed by atoms with Gasteiger partial charge in [0.15, 0.2) is 5.82 Å². The molecule has 2 aromatic rings. The van der Waals surface area contributed by atoms with Crippen molar-refractivity contribution in [2.75, 3.05) is 5.73 Å². The first kappa shape index (κ1) is 9.97. The SMILES string of the molecule is Cc1nc(CSc2ccc(N)cn2)no1. The molecule has 0 atom stereocenters. The zero-order chi connectivity index (χ0) is 10.7. The molecule has 6 heteroatoms. The number of pyridine rings is 1. The largest absolute Gasteiger partial charge is 0.397 e. The molecule has 0 fully saturated rings. The molecule has 0 saturated carbocycles. The van der Waals surface area contributed by atoms with Gasteiger partial charge in [0.05, 0.1) is 22.7 Å². The maximum Gasteiger partial charge on any atom is 0.223 e. The Labute approximate surface area is 91.1 Å². The molecular formula is C9H10N4OS. The van der Waals surface area contributed by atoms with Crippen molar-refractivity contribution in [3.05, 3.63) is 30.0 Å². The highest BCUT2D eigenvalue weighted by atomic mass is 32.2. The summed E-state index contributed by atoms with van der Waals surface area (Å²) in [7, 11) is 0. The van der Waals surface area contributed by atoms with Crippen molar-refractivity contribution in [3.8, 4) is 0 Å². The molecule has 0 aromatic carbocycles. The molecule has 2 N–H and O–H groups in total. The Balaban J connectivity index is 1.96. The van der Waals surface area contributed by atoms with Crippen LogP contribution in [0.3, 0.4) is 0 Å². The van der Waals surface area contributed by atoms with Crippen molar-refractivity contribution < 1.29 is 4.52 Å². The summed E-state index contributed by atoms with van der Waals surface area (Å²) in [5, 5.41) is 4.68. The smallest absolute Gasteiger partial charge is 0.223 e. The molecule has 2 aromatic heterocycles. The molecule has 0 aliphatic rings. The zero-order valence-electron chi connectivity index (χ0n) is 8.17. The summed E-state index contributed by atoms with van der Waals surface area (Å²) in [6.45, 7) is 1.77. The number of hydrogen-bond acceptors (Lipinski definition) is 6. The van der Waals surface area contributed by atoms with Gasteiger partial charge in [-0.3, -0.25) is 0 Å². The van der Waals surface area contributed by atoms with E-state index in [1.54, 1.807) is 24.9 Å². The topological polar surface area (TPSA) is 77.8 Å². The molecule has 0 spiro atoms. The van der Waals surface area contributed by atoms with Crippen molar-refractivity contribution in [1.29, 1.82) is 0 Å². The van der Waals surface area contributed by atoms with Crippen LogP contribution in [-0.4, -0.2) is 15.1 Å². The maximum atomic E-state index is 5.53. The number of nitrogen functional groups attached to an aromatic ring is 1. The Morgan fingerprint density at radius 1 is 1.47 bits per heavy atom. The standard InChI is InChI=1S/C9H10N4OS/c1-6-12-8(13-14-6)5-15-9-3-2-7(10)4-11-9/h2-4H,5,10H2,1H3. The highest BCUT2D eigenvalue weighted by Crippen LogP contribution is 2.19. The summed E-state index contributed by atoms with van der Waals surface area (Å²) in [6, 6.07) is 3.68. The van der Waals surface area contributed by atoms with E-state index in [1.165, 1.54) is 0 Å². The predicted octanol–water partition coefficient (Wildman–Crippen LogP) is 1.65. The Hall–Kier alpha value is -1.56. The van der Waals surface area contributed by atoms with Crippen molar-refractivity contribution in [2.45, 2.75) is 17.7 Å². The molecule has 0 aliphatic heterocycles. The van der Waals surface area contributed by atoms with Crippen LogP contribution in [0.15, 0.2) is 27.9 Å². The second-order valence-electron chi connectivity index (χ2n) is 2.95. The zero-order valence-corrected chi connectivity index (χ0v) is 8.99. The number of rotatable bonds is 3. The highest BCUT2D eigenvalue weighted by Gasteiger charge is 2.03. The van der Waals surface area contributed by atoms with Crippen molar-refractivity contribution in [3.63, 3.8) is 0 Å². The number of anilines is 1. The van der Waals surface area contributed by atoms with Gasteiger partial charge in [-0.15, -0.1) is 0 Å². The molecule has 15 heavy (non-hydrogen) atoms. The van der Waals surface area contributed by atoms with Gasteiger partial charge < -0.3 is 10.3 Å². The molecule has 2 rings (SSSR count). The minimum atomic E-state index is 0.580. The molecular weight excluding hydrogens is 212 g/mol. The van der Waals surface area contributed by atoms with Gasteiger partial charge in [-0.2, -0.15) is 4.98 Å². The quantitative estimate of drug-likeness (QED) is 0.795. The Kier molecular flexibility index (Phi) is 2.86. The number of aryl methyl sites for hydroxylation is 1. The number of nitrogens with zero attached hydrogens (tertiary/aromatic N) is 3. The van der Waals surface area contributed by atoms with Crippen LogP contribution in [-0.2, 0) is 5.75 Å². The Bertz CT molecular complexity index is 440. The molecule has 0 aliphatic carbocycles. The van der Waals surface area contributed by atoms with Gasteiger partial charge in [-0.25, -0.2) is 4.98 Å². The predicted molar refractivity (Wildman–Crippen MR) is 57.2 cm³/mol. The third-order valence-electron chi connectivity index (χ3n) is 1.68. The second-order valence-corrected chi connectivity index (χ2v) is 3.94. The van der Waals surface area contributed by atoms with E-state index < -0.39 is 0 Å². The lowest BCUT2D eigenvalue weighted by Gasteiger charge is -1.97. The minimum absolute atomic E-state index is 0.580. The maximum absolute atomic E-state index is 5.53. The van der Waals surface area contributed by atoms with Crippen LogP contribution in [0, 0.1) is 6.92 Å². The van der Waals surface area contributed by atoms with Crippen LogP contribution in [0.2, 0.25) is 0 Å². The summed E-state index contributed by atoms with van der Waals surface area (Å²) >= 11 is 1.54.